The van der Waals surface area contributed by atoms with Crippen molar-refractivity contribution in [2.75, 3.05) is 19.7 Å². The first kappa shape index (κ1) is 14.3. The van der Waals surface area contributed by atoms with Crippen LogP contribution in [0.2, 0.25) is 0 Å². The number of aryl methyl sites for hydroxylation is 1. The van der Waals surface area contributed by atoms with E-state index in [9.17, 15) is 0 Å². The number of nitrogens with zero attached hydrogens (tertiary/aromatic N) is 3. The highest BCUT2D eigenvalue weighted by Crippen LogP contribution is 2.22. The predicted molar refractivity (Wildman–Crippen MR) is 79.5 cm³/mol. The van der Waals surface area contributed by atoms with Crippen LogP contribution in [0, 0.1) is 0 Å². The van der Waals surface area contributed by atoms with Gasteiger partial charge in [0.25, 0.3) is 0 Å². The van der Waals surface area contributed by atoms with Crippen LogP contribution >= 0.6 is 0 Å². The highest BCUT2D eigenvalue weighted by molar-refractivity contribution is 5.22. The molecule has 1 aliphatic heterocycles. The maximum absolute atomic E-state index is 9.08. The largest absolute Gasteiger partial charge is 0.392 e. The number of aromatic nitrogens is 2. The van der Waals surface area contributed by atoms with Crippen molar-refractivity contribution < 1.29 is 9.84 Å². The molecule has 1 aromatic heterocycles. The van der Waals surface area contributed by atoms with Crippen molar-refractivity contribution >= 4 is 0 Å². The smallest absolute Gasteiger partial charge is 0.0982 e. The molecule has 21 heavy (non-hydrogen) atoms. The maximum atomic E-state index is 9.08. The van der Waals surface area contributed by atoms with Crippen LogP contribution in [0.4, 0.5) is 0 Å². The molecule has 1 unspecified atom stereocenters. The Morgan fingerprint density at radius 2 is 2.05 bits per heavy atom. The Kier molecular flexibility index (Phi) is 4.34. The van der Waals surface area contributed by atoms with E-state index in [-0.39, 0.29) is 12.7 Å². The highest BCUT2D eigenvalue weighted by atomic mass is 16.5. The normalized spacial score (nSPS) is 19.8. The Morgan fingerprint density at radius 1 is 1.29 bits per heavy atom. The molecule has 3 rings (SSSR count). The lowest BCUT2D eigenvalue weighted by Gasteiger charge is -2.32. The zero-order valence-corrected chi connectivity index (χ0v) is 12.3. The summed E-state index contributed by atoms with van der Waals surface area (Å²) in [7, 11) is 1.92. The Hall–Kier alpha value is -1.69. The molecule has 0 saturated carbocycles. The van der Waals surface area contributed by atoms with Crippen molar-refractivity contribution in [1.29, 1.82) is 0 Å². The van der Waals surface area contributed by atoms with E-state index in [1.807, 2.05) is 36.3 Å². The fourth-order valence-electron chi connectivity index (χ4n) is 2.66. The molecule has 1 fully saturated rings. The van der Waals surface area contributed by atoms with E-state index in [2.05, 4.69) is 22.1 Å². The first-order chi connectivity index (χ1) is 10.2. The molecule has 1 N–H and O–H groups in total. The molecule has 0 amide bonds. The van der Waals surface area contributed by atoms with Crippen molar-refractivity contribution in [2.45, 2.75) is 19.3 Å². The molecule has 1 aliphatic rings. The van der Waals surface area contributed by atoms with Crippen LogP contribution in [0.5, 0.6) is 0 Å². The number of aliphatic hydroxyl groups excluding tert-OH is 1. The standard InChI is InChI=1S/C16H21N3O2/c1-18-10-15(8-17-18)16-11-19(6-7-21-16)9-13-2-4-14(12-20)5-3-13/h2-5,8,10,16,20H,6-7,9,11-12H2,1H3. The molecule has 1 saturated heterocycles. The first-order valence-corrected chi connectivity index (χ1v) is 7.26. The molecule has 1 atom stereocenters. The van der Waals surface area contributed by atoms with Crippen LogP contribution in [-0.2, 0) is 24.9 Å². The first-order valence-electron chi connectivity index (χ1n) is 7.26. The lowest BCUT2D eigenvalue weighted by Crippen LogP contribution is -2.37. The summed E-state index contributed by atoms with van der Waals surface area (Å²) in [5, 5.41) is 13.3. The Balaban J connectivity index is 1.62. The van der Waals surface area contributed by atoms with Gasteiger partial charge in [-0.25, -0.2) is 0 Å². The molecule has 0 aliphatic carbocycles. The number of ether oxygens (including phenoxy) is 1. The summed E-state index contributed by atoms with van der Waals surface area (Å²) in [6.45, 7) is 3.58. The SMILES string of the molecule is Cn1cc(C2CN(Cc3ccc(CO)cc3)CCO2)cn1. The number of rotatable bonds is 4. The number of morpholine rings is 1. The predicted octanol–water partition coefficient (Wildman–Crippen LogP) is 1.49. The van der Waals surface area contributed by atoms with E-state index >= 15 is 0 Å². The van der Waals surface area contributed by atoms with E-state index in [4.69, 9.17) is 9.84 Å². The van der Waals surface area contributed by atoms with E-state index in [1.165, 1.54) is 5.56 Å². The number of benzene rings is 1. The Labute approximate surface area is 124 Å². The molecule has 112 valence electrons. The van der Waals surface area contributed by atoms with Crippen LogP contribution < -0.4 is 0 Å². The second kappa shape index (κ2) is 6.39. The summed E-state index contributed by atoms with van der Waals surface area (Å²) < 4.78 is 7.66. The van der Waals surface area contributed by atoms with E-state index in [0.29, 0.717) is 0 Å². The van der Waals surface area contributed by atoms with Gasteiger partial charge in [0.1, 0.15) is 0 Å². The molecule has 0 spiro atoms. The third-order valence-electron chi connectivity index (χ3n) is 3.86. The van der Waals surface area contributed by atoms with Crippen LogP contribution in [-0.4, -0.2) is 39.5 Å². The van der Waals surface area contributed by atoms with Gasteiger partial charge < -0.3 is 9.84 Å². The molecule has 2 heterocycles. The molecule has 5 heteroatoms. The van der Waals surface area contributed by atoms with E-state index in [0.717, 1.165) is 37.4 Å². The van der Waals surface area contributed by atoms with E-state index in [1.54, 1.807) is 0 Å². The van der Waals surface area contributed by atoms with Gasteiger partial charge in [0.05, 0.1) is 25.5 Å². The topological polar surface area (TPSA) is 50.5 Å². The molecular weight excluding hydrogens is 266 g/mol. The molecular formula is C16H21N3O2. The molecule has 5 nitrogen and oxygen atoms in total. The summed E-state index contributed by atoms with van der Waals surface area (Å²) in [5.41, 5.74) is 3.35. The van der Waals surface area contributed by atoms with Crippen molar-refractivity contribution in [2.24, 2.45) is 7.05 Å². The fraction of sp³-hybridized carbons (Fsp3) is 0.438. The Morgan fingerprint density at radius 3 is 2.71 bits per heavy atom. The molecule has 0 radical (unpaired) electrons. The average Bonchev–Trinajstić information content (AvgIpc) is 2.95. The van der Waals surface area contributed by atoms with Crippen molar-refractivity contribution in [1.82, 2.24) is 14.7 Å². The number of hydrogen-bond acceptors (Lipinski definition) is 4. The monoisotopic (exact) mass is 287 g/mol. The minimum absolute atomic E-state index is 0.0981. The van der Waals surface area contributed by atoms with Gasteiger partial charge in [0.2, 0.25) is 0 Å². The van der Waals surface area contributed by atoms with Crippen LogP contribution in [0.25, 0.3) is 0 Å². The number of hydrogen-bond donors (Lipinski definition) is 1. The molecule has 1 aromatic carbocycles. The maximum Gasteiger partial charge on any atom is 0.0982 e. The van der Waals surface area contributed by atoms with Crippen LogP contribution in [0.15, 0.2) is 36.7 Å². The second-order valence-corrected chi connectivity index (χ2v) is 5.52. The van der Waals surface area contributed by atoms with Gasteiger partial charge in [-0.1, -0.05) is 24.3 Å². The third kappa shape index (κ3) is 3.50. The lowest BCUT2D eigenvalue weighted by atomic mass is 10.1. The van der Waals surface area contributed by atoms with Gasteiger partial charge in [-0.2, -0.15) is 5.10 Å². The van der Waals surface area contributed by atoms with Crippen LogP contribution in [0.1, 0.15) is 22.8 Å². The van der Waals surface area contributed by atoms with Gasteiger partial charge >= 0.3 is 0 Å². The summed E-state index contributed by atoms with van der Waals surface area (Å²) in [5.74, 6) is 0. The van der Waals surface area contributed by atoms with Gasteiger partial charge in [-0.05, 0) is 11.1 Å². The lowest BCUT2D eigenvalue weighted by molar-refractivity contribution is -0.0329. The van der Waals surface area contributed by atoms with Gasteiger partial charge in [-0.15, -0.1) is 0 Å². The molecule has 0 bridgehead atoms. The summed E-state index contributed by atoms with van der Waals surface area (Å²) in [6, 6.07) is 8.13. The van der Waals surface area contributed by atoms with Crippen molar-refractivity contribution in [3.63, 3.8) is 0 Å². The minimum Gasteiger partial charge on any atom is -0.392 e. The van der Waals surface area contributed by atoms with Gasteiger partial charge in [0, 0.05) is 38.4 Å². The zero-order chi connectivity index (χ0) is 14.7. The van der Waals surface area contributed by atoms with Gasteiger partial charge in [0.15, 0.2) is 0 Å². The summed E-state index contributed by atoms with van der Waals surface area (Å²) in [6.07, 6.45) is 4.00. The summed E-state index contributed by atoms with van der Waals surface area (Å²) >= 11 is 0. The quantitative estimate of drug-likeness (QED) is 0.925. The average molecular weight is 287 g/mol. The zero-order valence-electron chi connectivity index (χ0n) is 12.3. The van der Waals surface area contributed by atoms with Crippen molar-refractivity contribution in [3.05, 3.63) is 53.3 Å². The Bertz CT molecular complexity index is 579. The summed E-state index contributed by atoms with van der Waals surface area (Å²) in [4.78, 5) is 2.40. The molecule has 2 aromatic rings. The minimum atomic E-state index is 0.0981. The highest BCUT2D eigenvalue weighted by Gasteiger charge is 2.22. The van der Waals surface area contributed by atoms with Gasteiger partial charge in [-0.3, -0.25) is 9.58 Å². The van der Waals surface area contributed by atoms with Crippen LogP contribution in [0.3, 0.4) is 0 Å². The van der Waals surface area contributed by atoms with Crippen molar-refractivity contribution in [3.8, 4) is 0 Å². The second-order valence-electron chi connectivity index (χ2n) is 5.52. The third-order valence-corrected chi connectivity index (χ3v) is 3.86. The number of aliphatic hydroxyl groups is 1. The fourth-order valence-corrected chi connectivity index (χ4v) is 2.66. The van der Waals surface area contributed by atoms with E-state index < -0.39 is 0 Å².